The van der Waals surface area contributed by atoms with E-state index in [2.05, 4.69) is 22.2 Å². The first kappa shape index (κ1) is 18.3. The van der Waals surface area contributed by atoms with Crippen LogP contribution in [0.2, 0.25) is 0 Å². The van der Waals surface area contributed by atoms with Gasteiger partial charge in [0, 0.05) is 12.2 Å². The summed E-state index contributed by atoms with van der Waals surface area (Å²) in [6, 6.07) is 7.90. The fraction of sp³-hybridized carbons (Fsp3) is 0.333. The van der Waals surface area contributed by atoms with Gasteiger partial charge in [0.05, 0.1) is 5.39 Å². The molecule has 0 radical (unpaired) electrons. The second-order valence-corrected chi connectivity index (χ2v) is 7.40. The molecular weight excluding hydrogens is 359 g/mol. The number of halogens is 1. The summed E-state index contributed by atoms with van der Waals surface area (Å²) in [5, 5.41) is 3.14. The number of benzene rings is 1. The summed E-state index contributed by atoms with van der Waals surface area (Å²) in [5.41, 5.74) is 2.91. The molecule has 1 unspecified atom stereocenters. The number of amides is 1. The smallest absolute Gasteiger partial charge is 0.263 e. The van der Waals surface area contributed by atoms with Crippen LogP contribution in [0.3, 0.4) is 0 Å². The van der Waals surface area contributed by atoms with E-state index in [1.165, 1.54) is 23.0 Å². The molecule has 0 bridgehead atoms. The number of hydrogen-bond acceptors (Lipinski definition) is 4. The van der Waals surface area contributed by atoms with Crippen molar-refractivity contribution in [2.45, 2.75) is 39.3 Å². The average molecular weight is 380 g/mol. The fourth-order valence-corrected chi connectivity index (χ4v) is 3.59. The Morgan fingerprint density at radius 3 is 3.04 bits per heavy atom. The van der Waals surface area contributed by atoms with Gasteiger partial charge in [-0.1, -0.05) is 19.1 Å². The SMILES string of the molecule is CC1CCc2nc3ncn(CC(=O)NCc4cccc(F)c4)c(=O)c3cc2C1. The van der Waals surface area contributed by atoms with Crippen LogP contribution in [0.15, 0.2) is 41.5 Å². The second kappa shape index (κ2) is 7.50. The third-order valence-electron chi connectivity index (χ3n) is 5.12. The number of pyridine rings is 1. The zero-order valence-corrected chi connectivity index (χ0v) is 15.6. The van der Waals surface area contributed by atoms with Crippen LogP contribution >= 0.6 is 0 Å². The van der Waals surface area contributed by atoms with E-state index in [9.17, 15) is 14.0 Å². The molecular formula is C21H21FN4O2. The topological polar surface area (TPSA) is 76.9 Å². The van der Waals surface area contributed by atoms with Gasteiger partial charge in [-0.25, -0.2) is 14.4 Å². The molecule has 1 N–H and O–H groups in total. The van der Waals surface area contributed by atoms with Crippen LogP contribution in [0, 0.1) is 11.7 Å². The van der Waals surface area contributed by atoms with Crippen LogP contribution in [0.1, 0.15) is 30.2 Å². The fourth-order valence-electron chi connectivity index (χ4n) is 3.59. The van der Waals surface area contributed by atoms with E-state index < -0.39 is 0 Å². The van der Waals surface area contributed by atoms with Crippen molar-refractivity contribution in [3.8, 4) is 0 Å². The minimum Gasteiger partial charge on any atom is -0.350 e. The van der Waals surface area contributed by atoms with Crippen molar-refractivity contribution in [3.05, 3.63) is 69.7 Å². The summed E-state index contributed by atoms with van der Waals surface area (Å²) in [6.07, 6.45) is 4.26. The van der Waals surface area contributed by atoms with Crippen molar-refractivity contribution in [2.24, 2.45) is 5.92 Å². The van der Waals surface area contributed by atoms with E-state index >= 15 is 0 Å². The van der Waals surface area contributed by atoms with Crippen LogP contribution in [0.5, 0.6) is 0 Å². The average Bonchev–Trinajstić information content (AvgIpc) is 2.68. The summed E-state index contributed by atoms with van der Waals surface area (Å²) in [4.78, 5) is 33.9. The van der Waals surface area contributed by atoms with Crippen LogP contribution in [-0.4, -0.2) is 20.4 Å². The van der Waals surface area contributed by atoms with Gasteiger partial charge in [0.2, 0.25) is 5.91 Å². The molecule has 28 heavy (non-hydrogen) atoms. The van der Waals surface area contributed by atoms with Gasteiger partial charge in [-0.05, 0) is 54.5 Å². The number of nitrogens with one attached hydrogen (secondary N) is 1. The first-order chi connectivity index (χ1) is 13.5. The summed E-state index contributed by atoms with van der Waals surface area (Å²) in [6.45, 7) is 2.24. The number of aryl methyl sites for hydroxylation is 1. The molecule has 0 saturated carbocycles. The lowest BCUT2D eigenvalue weighted by atomic mass is 9.87. The van der Waals surface area contributed by atoms with E-state index in [0.29, 0.717) is 22.5 Å². The molecule has 0 fully saturated rings. The highest BCUT2D eigenvalue weighted by molar-refractivity contribution is 5.77. The maximum Gasteiger partial charge on any atom is 0.263 e. The lowest BCUT2D eigenvalue weighted by Gasteiger charge is -2.20. The van der Waals surface area contributed by atoms with Gasteiger partial charge in [-0.2, -0.15) is 0 Å². The molecule has 0 aliphatic heterocycles. The van der Waals surface area contributed by atoms with E-state index in [1.54, 1.807) is 12.1 Å². The summed E-state index contributed by atoms with van der Waals surface area (Å²) < 4.78 is 14.5. The molecule has 4 rings (SSSR count). The minimum atomic E-state index is -0.355. The predicted octanol–water partition coefficient (Wildman–Crippen LogP) is 2.37. The standard InChI is InChI=1S/C21H21FN4O2/c1-13-5-6-18-15(7-13)9-17-20(25-18)24-12-26(21(17)28)11-19(27)23-10-14-3-2-4-16(22)8-14/h2-4,8-9,12-13H,5-7,10-11H2,1H3,(H,23,27). The molecule has 2 heterocycles. The number of fused-ring (bicyclic) bond motifs is 2. The van der Waals surface area contributed by atoms with Crippen molar-refractivity contribution in [2.75, 3.05) is 0 Å². The van der Waals surface area contributed by atoms with Gasteiger partial charge < -0.3 is 5.32 Å². The summed E-state index contributed by atoms with van der Waals surface area (Å²) >= 11 is 0. The molecule has 1 aromatic carbocycles. The van der Waals surface area contributed by atoms with Crippen LogP contribution in [-0.2, 0) is 30.7 Å². The normalized spacial score (nSPS) is 16.0. The third-order valence-corrected chi connectivity index (χ3v) is 5.12. The van der Waals surface area contributed by atoms with Gasteiger partial charge in [-0.3, -0.25) is 14.2 Å². The van der Waals surface area contributed by atoms with Crippen molar-refractivity contribution in [1.29, 1.82) is 0 Å². The molecule has 3 aromatic rings. The lowest BCUT2D eigenvalue weighted by molar-refractivity contribution is -0.121. The van der Waals surface area contributed by atoms with Gasteiger partial charge in [0.15, 0.2) is 5.65 Å². The van der Waals surface area contributed by atoms with E-state index in [4.69, 9.17) is 0 Å². The number of nitrogens with zero attached hydrogens (tertiary/aromatic N) is 3. The molecule has 144 valence electrons. The Morgan fingerprint density at radius 2 is 2.21 bits per heavy atom. The molecule has 0 spiro atoms. The minimum absolute atomic E-state index is 0.148. The van der Waals surface area contributed by atoms with Crippen LogP contribution in [0.4, 0.5) is 4.39 Å². The Morgan fingerprint density at radius 1 is 1.36 bits per heavy atom. The maximum atomic E-state index is 13.2. The molecule has 1 atom stereocenters. The quantitative estimate of drug-likeness (QED) is 0.754. The van der Waals surface area contributed by atoms with E-state index in [0.717, 1.165) is 30.5 Å². The maximum absolute atomic E-state index is 13.2. The molecule has 1 aliphatic carbocycles. The molecule has 1 aliphatic rings. The largest absolute Gasteiger partial charge is 0.350 e. The first-order valence-electron chi connectivity index (χ1n) is 9.38. The van der Waals surface area contributed by atoms with Crippen LogP contribution < -0.4 is 10.9 Å². The highest BCUT2D eigenvalue weighted by Gasteiger charge is 2.19. The number of rotatable bonds is 4. The van der Waals surface area contributed by atoms with Gasteiger partial charge >= 0.3 is 0 Å². The third kappa shape index (κ3) is 3.78. The lowest BCUT2D eigenvalue weighted by Crippen LogP contribution is -2.32. The highest BCUT2D eigenvalue weighted by atomic mass is 19.1. The predicted molar refractivity (Wildman–Crippen MR) is 103 cm³/mol. The molecule has 2 aromatic heterocycles. The number of carbonyl (C=O) groups is 1. The van der Waals surface area contributed by atoms with E-state index in [-0.39, 0.29) is 30.4 Å². The van der Waals surface area contributed by atoms with Crippen molar-refractivity contribution in [1.82, 2.24) is 19.9 Å². The Hall–Kier alpha value is -3.09. The molecule has 0 saturated heterocycles. The van der Waals surface area contributed by atoms with E-state index in [1.807, 2.05) is 6.07 Å². The molecule has 1 amide bonds. The number of carbonyl (C=O) groups excluding carboxylic acids is 1. The zero-order valence-electron chi connectivity index (χ0n) is 15.6. The zero-order chi connectivity index (χ0) is 19.7. The molecule has 6 nitrogen and oxygen atoms in total. The van der Waals surface area contributed by atoms with Crippen molar-refractivity contribution in [3.63, 3.8) is 0 Å². The Balaban J connectivity index is 1.53. The Labute approximate surface area is 161 Å². The monoisotopic (exact) mass is 380 g/mol. The van der Waals surface area contributed by atoms with Crippen molar-refractivity contribution < 1.29 is 9.18 Å². The van der Waals surface area contributed by atoms with Gasteiger partial charge in [0.1, 0.15) is 18.7 Å². The van der Waals surface area contributed by atoms with Crippen LogP contribution in [0.25, 0.3) is 11.0 Å². The van der Waals surface area contributed by atoms with Crippen molar-refractivity contribution >= 4 is 16.9 Å². The number of aromatic nitrogens is 3. The second-order valence-electron chi connectivity index (χ2n) is 7.40. The first-order valence-corrected chi connectivity index (χ1v) is 9.38. The number of hydrogen-bond donors (Lipinski definition) is 1. The summed E-state index contributed by atoms with van der Waals surface area (Å²) in [5.74, 6) is -0.127. The highest BCUT2D eigenvalue weighted by Crippen LogP contribution is 2.25. The molecule has 7 heteroatoms. The van der Waals surface area contributed by atoms with Gasteiger partial charge in [0.25, 0.3) is 5.56 Å². The summed E-state index contributed by atoms with van der Waals surface area (Å²) in [7, 11) is 0. The van der Waals surface area contributed by atoms with Gasteiger partial charge in [-0.15, -0.1) is 0 Å². The Bertz CT molecular complexity index is 1110. The Kier molecular flexibility index (Phi) is 4.90.